The first-order chi connectivity index (χ1) is 13.3. The van der Waals surface area contributed by atoms with E-state index in [4.69, 9.17) is 4.74 Å². The molecule has 2 N–H and O–H groups in total. The van der Waals surface area contributed by atoms with Crippen LogP contribution in [-0.2, 0) is 0 Å². The Morgan fingerprint density at radius 3 is 2.44 bits per heavy atom. The van der Waals surface area contributed by atoms with Crippen LogP contribution in [0.1, 0.15) is 18.0 Å². The van der Waals surface area contributed by atoms with Gasteiger partial charge in [-0.05, 0) is 11.6 Å². The Morgan fingerprint density at radius 2 is 1.67 bits per heavy atom. The number of H-pyrrole nitrogens is 1. The first-order valence-corrected chi connectivity index (χ1v) is 9.56. The van der Waals surface area contributed by atoms with Crippen LogP contribution in [0.2, 0.25) is 0 Å². The van der Waals surface area contributed by atoms with E-state index in [2.05, 4.69) is 45.5 Å². The van der Waals surface area contributed by atoms with Gasteiger partial charge in [-0.2, -0.15) is 0 Å². The van der Waals surface area contributed by atoms with Crippen molar-refractivity contribution in [1.29, 1.82) is 0 Å². The molecule has 1 saturated heterocycles. The number of fused-ring (bicyclic) bond motifs is 1. The largest absolute Gasteiger partial charge is 0.491 e. The van der Waals surface area contributed by atoms with Gasteiger partial charge in [0.15, 0.2) is 0 Å². The van der Waals surface area contributed by atoms with Gasteiger partial charge in [0.25, 0.3) is 5.56 Å². The quantitative estimate of drug-likeness (QED) is 0.707. The highest BCUT2D eigenvalue weighted by Gasteiger charge is 2.22. The van der Waals surface area contributed by atoms with Crippen LogP contribution >= 0.6 is 0 Å². The third-order valence-electron chi connectivity index (χ3n) is 5.20. The molecular weight excluding hydrogens is 338 g/mol. The van der Waals surface area contributed by atoms with Crippen molar-refractivity contribution >= 4 is 10.8 Å². The maximum Gasteiger partial charge on any atom is 0.256 e. The minimum absolute atomic E-state index is 0.0825. The van der Waals surface area contributed by atoms with Gasteiger partial charge in [-0.25, -0.2) is 0 Å². The SMILES string of the molecule is O=c1[nH]cc(OCCC(c2ccccc2)N2CCNCC2)c2ccccc12. The van der Waals surface area contributed by atoms with E-state index >= 15 is 0 Å². The summed E-state index contributed by atoms with van der Waals surface area (Å²) in [5, 5.41) is 4.95. The van der Waals surface area contributed by atoms with Crippen LogP contribution in [0.5, 0.6) is 5.75 Å². The monoisotopic (exact) mass is 363 g/mol. The van der Waals surface area contributed by atoms with Crippen molar-refractivity contribution in [2.24, 2.45) is 0 Å². The van der Waals surface area contributed by atoms with Crippen LogP contribution < -0.4 is 15.6 Å². The number of nitrogens with zero attached hydrogens (tertiary/aromatic N) is 1. The number of nitrogens with one attached hydrogen (secondary N) is 2. The number of aromatic nitrogens is 1. The van der Waals surface area contributed by atoms with E-state index in [-0.39, 0.29) is 5.56 Å². The summed E-state index contributed by atoms with van der Waals surface area (Å²) < 4.78 is 6.10. The van der Waals surface area contributed by atoms with Crippen LogP contribution in [0.4, 0.5) is 0 Å². The van der Waals surface area contributed by atoms with Crippen molar-refractivity contribution < 1.29 is 4.74 Å². The summed E-state index contributed by atoms with van der Waals surface area (Å²) in [6.45, 7) is 4.73. The van der Waals surface area contributed by atoms with Crippen molar-refractivity contribution in [3.8, 4) is 5.75 Å². The number of rotatable bonds is 6. The maximum atomic E-state index is 12.0. The second-order valence-electron chi connectivity index (χ2n) is 6.88. The molecular formula is C22H25N3O2. The molecule has 5 heteroatoms. The van der Waals surface area contributed by atoms with E-state index in [0.29, 0.717) is 18.0 Å². The number of ether oxygens (including phenoxy) is 1. The number of hydrogen-bond acceptors (Lipinski definition) is 4. The van der Waals surface area contributed by atoms with Gasteiger partial charge in [-0.1, -0.05) is 48.5 Å². The average Bonchev–Trinajstić information content (AvgIpc) is 2.74. The van der Waals surface area contributed by atoms with E-state index in [0.717, 1.165) is 43.7 Å². The molecule has 4 rings (SSSR count). The van der Waals surface area contributed by atoms with Crippen molar-refractivity contribution in [1.82, 2.24) is 15.2 Å². The molecule has 5 nitrogen and oxygen atoms in total. The summed E-state index contributed by atoms with van der Waals surface area (Å²) in [6, 6.07) is 18.5. The lowest BCUT2D eigenvalue weighted by molar-refractivity contribution is 0.146. The predicted octanol–water partition coefficient (Wildman–Crippen LogP) is 2.94. The molecule has 0 aliphatic carbocycles. The zero-order valence-corrected chi connectivity index (χ0v) is 15.4. The van der Waals surface area contributed by atoms with E-state index in [1.54, 1.807) is 6.20 Å². The van der Waals surface area contributed by atoms with Gasteiger partial charge in [0.2, 0.25) is 0 Å². The normalized spacial score (nSPS) is 16.3. The summed E-state index contributed by atoms with van der Waals surface area (Å²) >= 11 is 0. The minimum Gasteiger partial charge on any atom is -0.491 e. The second-order valence-corrected chi connectivity index (χ2v) is 6.88. The lowest BCUT2D eigenvalue weighted by atomic mass is 10.0. The third-order valence-corrected chi connectivity index (χ3v) is 5.20. The topological polar surface area (TPSA) is 57.4 Å². The number of pyridine rings is 1. The van der Waals surface area contributed by atoms with Gasteiger partial charge in [-0.15, -0.1) is 0 Å². The molecule has 0 amide bonds. The molecule has 1 aromatic heterocycles. The second kappa shape index (κ2) is 8.37. The molecule has 1 aliphatic rings. The van der Waals surface area contributed by atoms with Crippen LogP contribution in [0.3, 0.4) is 0 Å². The Hall–Kier alpha value is -2.63. The van der Waals surface area contributed by atoms with Gasteiger partial charge in [0.05, 0.1) is 12.0 Å². The van der Waals surface area contributed by atoms with Crippen LogP contribution in [0.15, 0.2) is 65.6 Å². The van der Waals surface area contributed by atoms with Crippen LogP contribution in [0.25, 0.3) is 10.8 Å². The Labute approximate surface area is 159 Å². The molecule has 0 spiro atoms. The van der Waals surface area contributed by atoms with Gasteiger partial charge in [0.1, 0.15) is 5.75 Å². The molecule has 1 atom stereocenters. The van der Waals surface area contributed by atoms with Crippen molar-refractivity contribution in [2.75, 3.05) is 32.8 Å². The zero-order valence-electron chi connectivity index (χ0n) is 15.4. The number of benzene rings is 2. The number of hydrogen-bond donors (Lipinski definition) is 2. The zero-order chi connectivity index (χ0) is 18.5. The number of aromatic amines is 1. The standard InChI is InChI=1S/C22H25N3O2/c26-22-19-9-5-4-8-18(19)21(16-24-22)27-15-10-20(17-6-2-1-3-7-17)25-13-11-23-12-14-25/h1-9,16,20,23H,10-15H2,(H,24,26). The Kier molecular flexibility index (Phi) is 5.51. The summed E-state index contributed by atoms with van der Waals surface area (Å²) in [6.07, 6.45) is 2.57. The van der Waals surface area contributed by atoms with E-state index in [1.165, 1.54) is 5.56 Å². The highest BCUT2D eigenvalue weighted by Crippen LogP contribution is 2.26. The molecule has 0 radical (unpaired) electrons. The lowest BCUT2D eigenvalue weighted by Gasteiger charge is -2.35. The Bertz CT molecular complexity index is 933. The summed E-state index contributed by atoms with van der Waals surface area (Å²) in [5.41, 5.74) is 1.25. The Morgan fingerprint density at radius 1 is 0.963 bits per heavy atom. The Balaban J connectivity index is 1.50. The first kappa shape index (κ1) is 17.8. The molecule has 27 heavy (non-hydrogen) atoms. The number of piperazine rings is 1. The van der Waals surface area contributed by atoms with Gasteiger partial charge >= 0.3 is 0 Å². The molecule has 0 bridgehead atoms. The van der Waals surface area contributed by atoms with E-state index < -0.39 is 0 Å². The molecule has 2 heterocycles. The average molecular weight is 363 g/mol. The van der Waals surface area contributed by atoms with Gasteiger partial charge in [-0.3, -0.25) is 9.69 Å². The first-order valence-electron chi connectivity index (χ1n) is 9.56. The van der Waals surface area contributed by atoms with Crippen LogP contribution in [0, 0.1) is 0 Å². The summed E-state index contributed by atoms with van der Waals surface area (Å²) in [4.78, 5) is 17.3. The fourth-order valence-electron chi connectivity index (χ4n) is 3.81. The van der Waals surface area contributed by atoms with Gasteiger partial charge in [0, 0.05) is 50.2 Å². The third kappa shape index (κ3) is 4.04. The highest BCUT2D eigenvalue weighted by atomic mass is 16.5. The fraction of sp³-hybridized carbons (Fsp3) is 0.318. The van der Waals surface area contributed by atoms with E-state index in [9.17, 15) is 4.79 Å². The molecule has 1 fully saturated rings. The van der Waals surface area contributed by atoms with Crippen molar-refractivity contribution in [3.05, 3.63) is 76.7 Å². The predicted molar refractivity (Wildman–Crippen MR) is 108 cm³/mol. The molecule has 3 aromatic rings. The summed E-state index contributed by atoms with van der Waals surface area (Å²) in [5.74, 6) is 0.734. The molecule has 1 aliphatic heterocycles. The molecule has 1 unspecified atom stereocenters. The smallest absolute Gasteiger partial charge is 0.256 e. The van der Waals surface area contributed by atoms with Crippen LogP contribution in [-0.4, -0.2) is 42.7 Å². The van der Waals surface area contributed by atoms with Crippen molar-refractivity contribution in [3.63, 3.8) is 0 Å². The van der Waals surface area contributed by atoms with Gasteiger partial charge < -0.3 is 15.0 Å². The fourth-order valence-corrected chi connectivity index (χ4v) is 3.81. The highest BCUT2D eigenvalue weighted by molar-refractivity contribution is 5.86. The molecule has 0 saturated carbocycles. The lowest BCUT2D eigenvalue weighted by Crippen LogP contribution is -2.45. The summed E-state index contributed by atoms with van der Waals surface area (Å²) in [7, 11) is 0. The van der Waals surface area contributed by atoms with Crippen molar-refractivity contribution in [2.45, 2.75) is 12.5 Å². The maximum absolute atomic E-state index is 12.0. The molecule has 140 valence electrons. The molecule has 2 aromatic carbocycles. The minimum atomic E-state index is -0.0825. The van der Waals surface area contributed by atoms with E-state index in [1.807, 2.05) is 24.3 Å².